The third-order valence-electron chi connectivity index (χ3n) is 3.70. The van der Waals surface area contributed by atoms with Crippen molar-refractivity contribution in [1.82, 2.24) is 24.9 Å². The largest absolute Gasteiger partial charge is 0.341 e. The van der Waals surface area contributed by atoms with Crippen LogP contribution in [0, 0.1) is 6.92 Å². The van der Waals surface area contributed by atoms with Gasteiger partial charge in [-0.15, -0.1) is 0 Å². The lowest BCUT2D eigenvalue weighted by atomic mass is 10.2. The number of anilines is 1. The minimum absolute atomic E-state index is 0.285. The molecular formula is C17H13ClN6O. The molecule has 0 aliphatic carbocycles. The van der Waals surface area contributed by atoms with E-state index in [1.54, 1.807) is 24.4 Å². The zero-order chi connectivity index (χ0) is 17.4. The molecule has 4 aromatic rings. The molecule has 3 heterocycles. The number of carbonyl (C=O) groups excluding carboxylic acids is 1. The zero-order valence-electron chi connectivity index (χ0n) is 13.2. The lowest BCUT2D eigenvalue weighted by Gasteiger charge is -2.07. The van der Waals surface area contributed by atoms with Crippen LogP contribution in [-0.4, -0.2) is 30.8 Å². The normalized spacial score (nSPS) is 11.0. The summed E-state index contributed by atoms with van der Waals surface area (Å²) in [5, 5.41) is 3.32. The van der Waals surface area contributed by atoms with Crippen LogP contribution in [0.3, 0.4) is 0 Å². The minimum Gasteiger partial charge on any atom is -0.341 e. The second kappa shape index (κ2) is 6.03. The Hall–Kier alpha value is -3.19. The first-order valence-electron chi connectivity index (χ1n) is 7.52. The van der Waals surface area contributed by atoms with E-state index in [2.05, 4.69) is 30.2 Å². The van der Waals surface area contributed by atoms with Gasteiger partial charge < -0.3 is 15.3 Å². The van der Waals surface area contributed by atoms with Crippen LogP contribution in [0.15, 0.2) is 43.0 Å². The standard InChI is InChI=1S/C17H13ClN6O/c1-9-4-13-16(20-6-9)24-15(23-13)11-5-10(2-3-12(11)18)22-17(25)14-7-19-8-21-14/h2-8H,1H3,(H,19,21)(H,22,25)(H,20,23,24). The molecule has 0 radical (unpaired) electrons. The van der Waals surface area contributed by atoms with Gasteiger partial charge in [0.1, 0.15) is 11.5 Å². The van der Waals surface area contributed by atoms with Gasteiger partial charge in [-0.3, -0.25) is 4.79 Å². The van der Waals surface area contributed by atoms with Gasteiger partial charge in [0.25, 0.3) is 5.91 Å². The van der Waals surface area contributed by atoms with Crippen molar-refractivity contribution in [3.8, 4) is 11.4 Å². The van der Waals surface area contributed by atoms with Crippen molar-refractivity contribution in [3.05, 3.63) is 59.3 Å². The number of pyridine rings is 1. The van der Waals surface area contributed by atoms with Crippen LogP contribution in [0.1, 0.15) is 16.1 Å². The van der Waals surface area contributed by atoms with E-state index in [9.17, 15) is 4.79 Å². The maximum atomic E-state index is 12.1. The van der Waals surface area contributed by atoms with E-state index in [-0.39, 0.29) is 5.91 Å². The highest BCUT2D eigenvalue weighted by atomic mass is 35.5. The Morgan fingerprint density at radius 1 is 1.24 bits per heavy atom. The number of aryl methyl sites for hydroxylation is 1. The molecule has 0 unspecified atom stereocenters. The zero-order valence-corrected chi connectivity index (χ0v) is 13.9. The molecule has 0 atom stereocenters. The highest BCUT2D eigenvalue weighted by Crippen LogP contribution is 2.30. The van der Waals surface area contributed by atoms with Gasteiger partial charge in [0.15, 0.2) is 5.65 Å². The Kier molecular flexibility index (Phi) is 3.70. The number of H-pyrrole nitrogens is 2. The van der Waals surface area contributed by atoms with Gasteiger partial charge in [-0.05, 0) is 36.8 Å². The molecule has 0 fully saturated rings. The SMILES string of the molecule is Cc1cnc2nc(-c3cc(NC(=O)c4cnc[nH]4)ccc3Cl)[nH]c2c1. The van der Waals surface area contributed by atoms with E-state index in [0.717, 1.165) is 11.1 Å². The summed E-state index contributed by atoms with van der Waals surface area (Å²) >= 11 is 6.32. The lowest BCUT2D eigenvalue weighted by Crippen LogP contribution is -2.12. The van der Waals surface area contributed by atoms with E-state index in [0.29, 0.717) is 33.4 Å². The van der Waals surface area contributed by atoms with Crippen molar-refractivity contribution in [2.45, 2.75) is 6.92 Å². The Morgan fingerprint density at radius 3 is 2.92 bits per heavy atom. The molecule has 0 spiro atoms. The predicted octanol–water partition coefficient (Wildman–Crippen LogP) is 3.56. The number of hydrogen-bond donors (Lipinski definition) is 3. The van der Waals surface area contributed by atoms with Crippen LogP contribution < -0.4 is 5.32 Å². The molecule has 8 heteroatoms. The molecule has 0 aliphatic rings. The quantitative estimate of drug-likeness (QED) is 0.525. The van der Waals surface area contributed by atoms with E-state index < -0.39 is 0 Å². The third kappa shape index (κ3) is 2.97. The van der Waals surface area contributed by atoms with Crippen molar-refractivity contribution in [2.75, 3.05) is 5.32 Å². The molecule has 3 aromatic heterocycles. The van der Waals surface area contributed by atoms with Gasteiger partial charge in [-0.2, -0.15) is 0 Å². The molecule has 3 N–H and O–H groups in total. The molecule has 1 aromatic carbocycles. The fourth-order valence-corrected chi connectivity index (χ4v) is 2.70. The van der Waals surface area contributed by atoms with Crippen molar-refractivity contribution in [2.24, 2.45) is 0 Å². The molecule has 0 aliphatic heterocycles. The summed E-state index contributed by atoms with van der Waals surface area (Å²) in [7, 11) is 0. The van der Waals surface area contributed by atoms with Gasteiger partial charge >= 0.3 is 0 Å². The highest BCUT2D eigenvalue weighted by Gasteiger charge is 2.13. The smallest absolute Gasteiger partial charge is 0.273 e. The number of aromatic amines is 2. The molecule has 25 heavy (non-hydrogen) atoms. The Morgan fingerprint density at radius 2 is 2.12 bits per heavy atom. The van der Waals surface area contributed by atoms with Gasteiger partial charge in [0.2, 0.25) is 0 Å². The van der Waals surface area contributed by atoms with Gasteiger partial charge in [0.05, 0.1) is 23.1 Å². The average Bonchev–Trinajstić information content (AvgIpc) is 3.25. The summed E-state index contributed by atoms with van der Waals surface area (Å²) in [6, 6.07) is 7.17. The Balaban J connectivity index is 1.70. The first-order chi connectivity index (χ1) is 12.1. The maximum absolute atomic E-state index is 12.1. The van der Waals surface area contributed by atoms with Crippen LogP contribution in [0.5, 0.6) is 0 Å². The fourth-order valence-electron chi connectivity index (χ4n) is 2.50. The molecule has 7 nitrogen and oxygen atoms in total. The van der Waals surface area contributed by atoms with Crippen LogP contribution >= 0.6 is 11.6 Å². The second-order valence-corrected chi connectivity index (χ2v) is 5.99. The average molecular weight is 353 g/mol. The van der Waals surface area contributed by atoms with Gasteiger partial charge in [0, 0.05) is 17.4 Å². The highest BCUT2D eigenvalue weighted by molar-refractivity contribution is 6.33. The van der Waals surface area contributed by atoms with Gasteiger partial charge in [-0.1, -0.05) is 11.6 Å². The van der Waals surface area contributed by atoms with Crippen molar-refractivity contribution in [3.63, 3.8) is 0 Å². The van der Waals surface area contributed by atoms with Gasteiger partial charge in [-0.25, -0.2) is 15.0 Å². The molecule has 0 saturated heterocycles. The van der Waals surface area contributed by atoms with Crippen LogP contribution in [0.4, 0.5) is 5.69 Å². The van der Waals surface area contributed by atoms with Crippen molar-refractivity contribution < 1.29 is 4.79 Å². The first kappa shape index (κ1) is 15.3. The molecule has 0 bridgehead atoms. The number of amides is 1. The summed E-state index contributed by atoms with van der Waals surface area (Å²) in [6.45, 7) is 1.96. The number of imidazole rings is 2. The summed E-state index contributed by atoms with van der Waals surface area (Å²) in [6.07, 6.45) is 4.67. The lowest BCUT2D eigenvalue weighted by molar-refractivity contribution is 0.102. The number of carbonyl (C=O) groups is 1. The Bertz CT molecular complexity index is 1070. The molecular weight excluding hydrogens is 340 g/mol. The number of hydrogen-bond acceptors (Lipinski definition) is 4. The maximum Gasteiger partial charge on any atom is 0.273 e. The number of nitrogens with zero attached hydrogens (tertiary/aromatic N) is 3. The molecule has 0 saturated carbocycles. The first-order valence-corrected chi connectivity index (χ1v) is 7.90. The molecule has 124 valence electrons. The predicted molar refractivity (Wildman–Crippen MR) is 95.6 cm³/mol. The van der Waals surface area contributed by atoms with E-state index >= 15 is 0 Å². The molecule has 1 amide bonds. The fraction of sp³-hybridized carbons (Fsp3) is 0.0588. The number of benzene rings is 1. The van der Waals surface area contributed by atoms with Crippen LogP contribution in [0.2, 0.25) is 5.02 Å². The number of rotatable bonds is 3. The Labute approximate surface area is 147 Å². The number of nitrogens with one attached hydrogen (secondary N) is 3. The van der Waals surface area contributed by atoms with E-state index in [1.165, 1.54) is 12.5 Å². The van der Waals surface area contributed by atoms with Crippen molar-refractivity contribution >= 4 is 34.4 Å². The second-order valence-electron chi connectivity index (χ2n) is 5.58. The summed E-state index contributed by atoms with van der Waals surface area (Å²) in [4.78, 5) is 30.7. The monoisotopic (exact) mass is 352 g/mol. The van der Waals surface area contributed by atoms with E-state index in [1.807, 2.05) is 13.0 Å². The van der Waals surface area contributed by atoms with Crippen molar-refractivity contribution in [1.29, 1.82) is 0 Å². The number of aromatic nitrogens is 5. The van der Waals surface area contributed by atoms with E-state index in [4.69, 9.17) is 11.6 Å². The minimum atomic E-state index is -0.285. The third-order valence-corrected chi connectivity index (χ3v) is 4.03. The number of halogens is 1. The molecule has 4 rings (SSSR count). The summed E-state index contributed by atoms with van der Waals surface area (Å²) < 4.78 is 0. The van der Waals surface area contributed by atoms with Crippen LogP contribution in [-0.2, 0) is 0 Å². The summed E-state index contributed by atoms with van der Waals surface area (Å²) in [5.74, 6) is 0.309. The topological polar surface area (TPSA) is 99.3 Å². The van der Waals surface area contributed by atoms with Crippen LogP contribution in [0.25, 0.3) is 22.6 Å². The number of fused-ring (bicyclic) bond motifs is 1. The summed E-state index contributed by atoms with van der Waals surface area (Å²) in [5.41, 5.74) is 4.14.